The number of anilines is 1. The van der Waals surface area contributed by atoms with Crippen LogP contribution in [0.5, 0.6) is 0 Å². The molecule has 4 amide bonds. The Morgan fingerprint density at radius 1 is 0.838 bits per heavy atom. The van der Waals surface area contributed by atoms with Crippen LogP contribution in [0.15, 0.2) is 24.3 Å². The quantitative estimate of drug-likeness (QED) is 0.553. The van der Waals surface area contributed by atoms with Crippen molar-refractivity contribution in [3.05, 3.63) is 29.8 Å². The lowest BCUT2D eigenvalue weighted by Gasteiger charge is -2.35. The molecule has 0 radical (unpaired) electrons. The minimum atomic E-state index is -1.21. The Morgan fingerprint density at radius 2 is 1.35 bits per heavy atom. The first-order chi connectivity index (χ1) is 17.0. The summed E-state index contributed by atoms with van der Waals surface area (Å²) in [4.78, 5) is 65.4. The largest absolute Gasteiger partial charge is 0.456 e. The Balaban J connectivity index is 2.10. The third-order valence-corrected chi connectivity index (χ3v) is 5.25. The summed E-state index contributed by atoms with van der Waals surface area (Å²) in [5.41, 5.74) is -0.752. The number of ether oxygens (including phenoxy) is 2. The van der Waals surface area contributed by atoms with Gasteiger partial charge in [-0.3, -0.25) is 14.4 Å². The smallest absolute Gasteiger partial charge is 0.408 e. The number of alkyl carbamates (subject to hydrolysis) is 1. The van der Waals surface area contributed by atoms with Crippen LogP contribution in [0.2, 0.25) is 0 Å². The summed E-state index contributed by atoms with van der Waals surface area (Å²) >= 11 is 0. The van der Waals surface area contributed by atoms with Crippen LogP contribution in [0.3, 0.4) is 0 Å². The van der Waals surface area contributed by atoms with E-state index < -0.39 is 35.2 Å². The average Bonchev–Trinajstić information content (AvgIpc) is 2.76. The average molecular weight is 519 g/mol. The molecule has 204 valence electrons. The van der Waals surface area contributed by atoms with Crippen molar-refractivity contribution in [2.75, 3.05) is 31.5 Å². The van der Waals surface area contributed by atoms with Gasteiger partial charge in [0.25, 0.3) is 0 Å². The Bertz CT molecular complexity index is 1000. The third kappa shape index (κ3) is 10.1. The Labute approximate surface area is 217 Å². The number of benzene rings is 1. The van der Waals surface area contributed by atoms with E-state index in [9.17, 15) is 24.0 Å². The Kier molecular flexibility index (Phi) is 9.66. The maximum atomic E-state index is 13.1. The van der Waals surface area contributed by atoms with Gasteiger partial charge in [0.05, 0.1) is 12.0 Å². The number of carbonyl (C=O) groups excluding carboxylic acids is 5. The van der Waals surface area contributed by atoms with Crippen molar-refractivity contribution in [1.29, 1.82) is 0 Å². The molecule has 2 N–H and O–H groups in total. The first-order valence-electron chi connectivity index (χ1n) is 12.2. The van der Waals surface area contributed by atoms with E-state index in [0.717, 1.165) is 0 Å². The molecule has 1 aliphatic rings. The van der Waals surface area contributed by atoms with Gasteiger partial charge in [0.2, 0.25) is 17.7 Å². The monoisotopic (exact) mass is 518 g/mol. The van der Waals surface area contributed by atoms with Crippen LogP contribution in [0.25, 0.3) is 0 Å². The summed E-state index contributed by atoms with van der Waals surface area (Å²) in [5.74, 6) is -1.51. The summed E-state index contributed by atoms with van der Waals surface area (Å²) in [7, 11) is 0. The number of esters is 1. The number of piperazine rings is 1. The van der Waals surface area contributed by atoms with E-state index in [4.69, 9.17) is 9.47 Å². The Hall–Kier alpha value is -3.63. The fourth-order valence-electron chi connectivity index (χ4n) is 3.49. The second kappa shape index (κ2) is 12.1. The number of carbonyl (C=O) groups is 5. The van der Waals surface area contributed by atoms with E-state index in [1.165, 1.54) is 31.2 Å². The lowest BCUT2D eigenvalue weighted by Crippen LogP contribution is -2.53. The van der Waals surface area contributed by atoms with E-state index in [2.05, 4.69) is 10.6 Å². The van der Waals surface area contributed by atoms with Crippen LogP contribution in [-0.4, -0.2) is 83.0 Å². The van der Waals surface area contributed by atoms with Gasteiger partial charge in [-0.1, -0.05) is 0 Å². The number of nitrogens with one attached hydrogen (secondary N) is 2. The van der Waals surface area contributed by atoms with Crippen molar-refractivity contribution in [2.45, 2.75) is 72.1 Å². The molecule has 1 heterocycles. The number of amides is 4. The van der Waals surface area contributed by atoms with Crippen LogP contribution >= 0.6 is 0 Å². The van der Waals surface area contributed by atoms with Crippen molar-refractivity contribution < 1.29 is 33.4 Å². The van der Waals surface area contributed by atoms with E-state index in [-0.39, 0.29) is 18.2 Å². The second-order valence-electron chi connectivity index (χ2n) is 10.9. The molecule has 11 heteroatoms. The third-order valence-electron chi connectivity index (χ3n) is 5.25. The van der Waals surface area contributed by atoms with Crippen molar-refractivity contribution in [3.8, 4) is 0 Å². The molecule has 1 fully saturated rings. The maximum Gasteiger partial charge on any atom is 0.408 e. The van der Waals surface area contributed by atoms with Gasteiger partial charge in [-0.25, -0.2) is 9.59 Å². The van der Waals surface area contributed by atoms with Crippen LogP contribution in [0, 0.1) is 0 Å². The zero-order valence-electron chi connectivity index (χ0n) is 22.7. The van der Waals surface area contributed by atoms with Gasteiger partial charge < -0.3 is 29.9 Å². The summed E-state index contributed by atoms with van der Waals surface area (Å²) in [6.07, 6.45) is -1.12. The minimum absolute atomic E-state index is 0.0615. The van der Waals surface area contributed by atoms with Crippen LogP contribution in [0.4, 0.5) is 10.5 Å². The summed E-state index contributed by atoms with van der Waals surface area (Å²) in [5, 5.41) is 5.16. The van der Waals surface area contributed by atoms with E-state index >= 15 is 0 Å². The zero-order valence-corrected chi connectivity index (χ0v) is 22.7. The predicted molar refractivity (Wildman–Crippen MR) is 137 cm³/mol. The summed E-state index contributed by atoms with van der Waals surface area (Å²) < 4.78 is 10.6. The highest BCUT2D eigenvalue weighted by atomic mass is 16.6. The zero-order chi connectivity index (χ0) is 28.0. The van der Waals surface area contributed by atoms with E-state index in [1.807, 2.05) is 0 Å². The molecule has 37 heavy (non-hydrogen) atoms. The maximum absolute atomic E-state index is 13.1. The fraction of sp³-hybridized carbons (Fsp3) is 0.577. The molecule has 0 bridgehead atoms. The van der Waals surface area contributed by atoms with Crippen molar-refractivity contribution in [1.82, 2.24) is 15.1 Å². The number of hydrogen-bond donors (Lipinski definition) is 2. The predicted octanol–water partition coefficient (Wildman–Crippen LogP) is 2.55. The van der Waals surface area contributed by atoms with E-state index in [0.29, 0.717) is 37.4 Å². The van der Waals surface area contributed by atoms with Crippen molar-refractivity contribution in [2.24, 2.45) is 0 Å². The van der Waals surface area contributed by atoms with Crippen molar-refractivity contribution in [3.63, 3.8) is 0 Å². The van der Waals surface area contributed by atoms with E-state index in [1.54, 1.807) is 51.3 Å². The van der Waals surface area contributed by atoms with Gasteiger partial charge in [-0.2, -0.15) is 0 Å². The molecule has 1 aromatic rings. The Morgan fingerprint density at radius 3 is 1.84 bits per heavy atom. The molecule has 0 aromatic heterocycles. The van der Waals surface area contributed by atoms with Gasteiger partial charge in [0.1, 0.15) is 17.2 Å². The molecule has 1 atom stereocenters. The molecule has 1 aromatic carbocycles. The molecule has 0 aliphatic carbocycles. The van der Waals surface area contributed by atoms with Crippen LogP contribution in [0.1, 0.15) is 65.2 Å². The molecule has 1 saturated heterocycles. The summed E-state index contributed by atoms with van der Waals surface area (Å²) in [6, 6.07) is 4.88. The highest BCUT2D eigenvalue weighted by Gasteiger charge is 2.30. The van der Waals surface area contributed by atoms with Crippen LogP contribution < -0.4 is 10.6 Å². The normalized spacial score (nSPS) is 14.9. The van der Waals surface area contributed by atoms with Gasteiger partial charge in [0, 0.05) is 38.8 Å². The molecule has 0 unspecified atom stereocenters. The molecule has 0 saturated carbocycles. The molecule has 0 spiro atoms. The number of rotatable bonds is 6. The molecular weight excluding hydrogens is 480 g/mol. The number of hydrogen-bond acceptors (Lipinski definition) is 7. The SMILES string of the molecule is CC(=O)N1CCN(C(=O)C[C@H](NC(=O)OC(C)(C)C)C(=O)Nc2ccc(C(=O)OC(C)(C)C)cc2)CC1. The van der Waals surface area contributed by atoms with Crippen LogP contribution in [-0.2, 0) is 23.9 Å². The fourth-order valence-corrected chi connectivity index (χ4v) is 3.49. The second-order valence-corrected chi connectivity index (χ2v) is 10.9. The molecule has 2 rings (SSSR count). The molecule has 1 aliphatic heterocycles. The topological polar surface area (TPSA) is 134 Å². The van der Waals surface area contributed by atoms with Gasteiger partial charge >= 0.3 is 12.1 Å². The van der Waals surface area contributed by atoms with Gasteiger partial charge in [-0.05, 0) is 65.8 Å². The first-order valence-corrected chi connectivity index (χ1v) is 12.2. The lowest BCUT2D eigenvalue weighted by molar-refractivity contribution is -0.139. The van der Waals surface area contributed by atoms with Crippen molar-refractivity contribution >= 4 is 35.5 Å². The van der Waals surface area contributed by atoms with Gasteiger partial charge in [0.15, 0.2) is 0 Å². The van der Waals surface area contributed by atoms with Gasteiger partial charge in [-0.15, -0.1) is 0 Å². The number of nitrogens with zero attached hydrogens (tertiary/aromatic N) is 2. The molecule has 11 nitrogen and oxygen atoms in total. The summed E-state index contributed by atoms with van der Waals surface area (Å²) in [6.45, 7) is 13.3. The highest BCUT2D eigenvalue weighted by Crippen LogP contribution is 2.16. The first kappa shape index (κ1) is 29.6. The standard InChI is InChI=1S/C26H38N4O7/c1-17(31)29-12-14-30(15-13-29)21(32)16-20(28-24(35)37-26(5,6)7)22(33)27-19-10-8-18(9-11-19)23(34)36-25(2,3)4/h8-11,20H,12-16H2,1-7H3,(H,27,33)(H,28,35)/t20-/m0/s1. The lowest BCUT2D eigenvalue weighted by atomic mass is 10.1. The highest BCUT2D eigenvalue weighted by molar-refractivity contribution is 5.99. The minimum Gasteiger partial charge on any atom is -0.456 e. The molecular formula is C26H38N4O7.